The van der Waals surface area contributed by atoms with Gasteiger partial charge in [-0.05, 0) is 26.0 Å². The van der Waals surface area contributed by atoms with Gasteiger partial charge in [0.15, 0.2) is 0 Å². The molecule has 2 aliphatic carbocycles. The maximum Gasteiger partial charge on any atom is 0.294 e. The molecule has 1 saturated carbocycles. The molecule has 0 unspecified atom stereocenters. The normalized spacial score (nSPS) is 29.6. The number of allylic oxidation sites excluding steroid dienone is 4. The predicted molar refractivity (Wildman–Crippen MR) is 92.1 cm³/mol. The van der Waals surface area contributed by atoms with E-state index < -0.39 is 16.8 Å². The van der Waals surface area contributed by atoms with Crippen molar-refractivity contribution >= 4 is 34.8 Å². The van der Waals surface area contributed by atoms with E-state index in [2.05, 4.69) is 0 Å². The van der Waals surface area contributed by atoms with Crippen molar-refractivity contribution in [3.05, 3.63) is 56.6 Å². The zero-order valence-electron chi connectivity index (χ0n) is 13.6. The molecular formula is C18H15ClN2O4. The highest BCUT2D eigenvalue weighted by Gasteiger charge is 2.62. The highest BCUT2D eigenvalue weighted by Crippen LogP contribution is 2.57. The van der Waals surface area contributed by atoms with Gasteiger partial charge in [-0.1, -0.05) is 34.9 Å². The Bertz CT molecular complexity index is 866. The molecular weight excluding hydrogens is 344 g/mol. The van der Waals surface area contributed by atoms with Crippen LogP contribution in [0.25, 0.3) is 0 Å². The number of nitrogens with zero attached hydrogens (tertiary/aromatic N) is 2. The third kappa shape index (κ3) is 2.03. The van der Waals surface area contributed by atoms with Crippen LogP contribution in [-0.4, -0.2) is 16.7 Å². The van der Waals surface area contributed by atoms with E-state index in [1.807, 2.05) is 26.0 Å². The lowest BCUT2D eigenvalue weighted by molar-refractivity contribution is -0.384. The fourth-order valence-corrected chi connectivity index (χ4v) is 4.67. The molecule has 25 heavy (non-hydrogen) atoms. The SMILES string of the molecule is CC(C)=C1[C@@H]2C=C[C@@H]1[C@@H]1C(=O)N(c3ccc(Cl)cc3[N+](=O)[O-])C(=O)[C@H]12. The summed E-state index contributed by atoms with van der Waals surface area (Å²) in [4.78, 5) is 37.7. The van der Waals surface area contributed by atoms with Crippen LogP contribution in [0, 0.1) is 33.8 Å². The molecule has 1 aromatic carbocycles. The zero-order chi connectivity index (χ0) is 18.0. The summed E-state index contributed by atoms with van der Waals surface area (Å²) in [6, 6.07) is 3.99. The van der Waals surface area contributed by atoms with Crippen LogP contribution in [0.5, 0.6) is 0 Å². The molecule has 4 atom stereocenters. The predicted octanol–water partition coefficient (Wildman–Crippen LogP) is 3.51. The first-order valence-electron chi connectivity index (χ1n) is 8.00. The molecule has 1 saturated heterocycles. The van der Waals surface area contributed by atoms with Gasteiger partial charge in [0.25, 0.3) is 5.69 Å². The van der Waals surface area contributed by atoms with Crippen molar-refractivity contribution < 1.29 is 14.5 Å². The van der Waals surface area contributed by atoms with Crippen molar-refractivity contribution in [1.29, 1.82) is 0 Å². The maximum atomic E-state index is 13.0. The summed E-state index contributed by atoms with van der Waals surface area (Å²) in [5, 5.41) is 11.5. The number of rotatable bonds is 2. The summed E-state index contributed by atoms with van der Waals surface area (Å²) < 4.78 is 0. The molecule has 6 nitrogen and oxygen atoms in total. The number of nitro benzene ring substituents is 1. The van der Waals surface area contributed by atoms with Crippen molar-refractivity contribution in [3.63, 3.8) is 0 Å². The number of anilines is 1. The molecule has 1 heterocycles. The molecule has 7 heteroatoms. The lowest BCUT2D eigenvalue weighted by atomic mass is 9.85. The molecule has 0 aromatic heterocycles. The molecule has 128 valence electrons. The van der Waals surface area contributed by atoms with E-state index in [1.165, 1.54) is 18.2 Å². The standard InChI is InChI=1S/C18H15ClN2O4/c1-8(2)14-10-4-5-11(14)16-15(10)17(22)20(18(16)23)12-6-3-9(19)7-13(12)21(24)25/h3-7,10-11,15-16H,1-2H3/t10-,11-,15-,16-/m0/s1. The van der Waals surface area contributed by atoms with Crippen LogP contribution >= 0.6 is 11.6 Å². The number of carbonyl (C=O) groups excluding carboxylic acids is 2. The Kier molecular flexibility index (Phi) is 3.37. The first-order chi connectivity index (χ1) is 11.8. The zero-order valence-corrected chi connectivity index (χ0v) is 14.4. The largest absolute Gasteiger partial charge is 0.294 e. The number of hydrogen-bond acceptors (Lipinski definition) is 4. The summed E-state index contributed by atoms with van der Waals surface area (Å²) in [5.74, 6) is -1.85. The number of amides is 2. The molecule has 0 radical (unpaired) electrons. The smallest absolute Gasteiger partial charge is 0.274 e. The number of hydrogen-bond donors (Lipinski definition) is 0. The number of carbonyl (C=O) groups is 2. The maximum absolute atomic E-state index is 13.0. The molecule has 1 aromatic rings. The average Bonchev–Trinajstić information content (AvgIpc) is 3.18. The Balaban J connectivity index is 1.81. The van der Waals surface area contributed by atoms with Gasteiger partial charge in [-0.3, -0.25) is 19.7 Å². The first kappa shape index (κ1) is 16.0. The molecule has 2 fully saturated rings. The second-order valence-electron chi connectivity index (χ2n) is 6.85. The third-order valence-corrected chi connectivity index (χ3v) is 5.60. The van der Waals surface area contributed by atoms with Crippen LogP contribution < -0.4 is 4.90 Å². The first-order valence-corrected chi connectivity index (χ1v) is 8.38. The van der Waals surface area contributed by atoms with Crippen LogP contribution in [0.2, 0.25) is 5.02 Å². The number of fused-ring (bicyclic) bond motifs is 5. The van der Waals surface area contributed by atoms with Gasteiger partial charge in [-0.2, -0.15) is 0 Å². The lowest BCUT2D eigenvalue weighted by Gasteiger charge is -2.19. The molecule has 0 N–H and O–H groups in total. The van der Waals surface area contributed by atoms with E-state index in [9.17, 15) is 19.7 Å². The summed E-state index contributed by atoms with van der Waals surface area (Å²) in [5.41, 5.74) is 1.93. The Morgan fingerprint density at radius 2 is 1.68 bits per heavy atom. The topological polar surface area (TPSA) is 80.5 Å². The van der Waals surface area contributed by atoms with Crippen molar-refractivity contribution in [2.75, 3.05) is 4.90 Å². The van der Waals surface area contributed by atoms with Crippen LogP contribution in [0.4, 0.5) is 11.4 Å². The third-order valence-electron chi connectivity index (χ3n) is 5.37. The van der Waals surface area contributed by atoms with Crippen LogP contribution in [-0.2, 0) is 9.59 Å². The van der Waals surface area contributed by atoms with Crippen LogP contribution in [0.1, 0.15) is 13.8 Å². The molecule has 1 aliphatic heterocycles. The van der Waals surface area contributed by atoms with Gasteiger partial charge >= 0.3 is 0 Å². The van der Waals surface area contributed by atoms with Gasteiger partial charge < -0.3 is 0 Å². The molecule has 4 rings (SSSR count). The minimum Gasteiger partial charge on any atom is -0.274 e. The molecule has 3 aliphatic rings. The summed E-state index contributed by atoms with van der Waals surface area (Å²) in [6.07, 6.45) is 3.97. The van der Waals surface area contributed by atoms with E-state index >= 15 is 0 Å². The van der Waals surface area contributed by atoms with Gasteiger partial charge in [0.1, 0.15) is 5.69 Å². The molecule has 2 amide bonds. The quantitative estimate of drug-likeness (QED) is 0.350. The van der Waals surface area contributed by atoms with Gasteiger partial charge in [0, 0.05) is 22.9 Å². The Labute approximate surface area is 148 Å². The Morgan fingerprint density at radius 1 is 1.12 bits per heavy atom. The van der Waals surface area contributed by atoms with Gasteiger partial charge in [-0.25, -0.2) is 4.90 Å². The van der Waals surface area contributed by atoms with Crippen LogP contribution in [0.15, 0.2) is 41.5 Å². The van der Waals surface area contributed by atoms with E-state index in [0.29, 0.717) is 0 Å². The Morgan fingerprint density at radius 3 is 2.16 bits per heavy atom. The number of nitro groups is 1. The summed E-state index contributed by atoms with van der Waals surface area (Å²) in [7, 11) is 0. The van der Waals surface area contributed by atoms with Crippen LogP contribution in [0.3, 0.4) is 0 Å². The highest BCUT2D eigenvalue weighted by molar-refractivity contribution is 6.31. The summed E-state index contributed by atoms with van der Waals surface area (Å²) >= 11 is 5.84. The second-order valence-corrected chi connectivity index (χ2v) is 7.28. The van der Waals surface area contributed by atoms with Crippen molar-refractivity contribution in [2.24, 2.45) is 23.7 Å². The second kappa shape index (κ2) is 5.26. The minimum absolute atomic E-state index is 0.00282. The number of halogens is 1. The van der Waals surface area contributed by atoms with Crippen molar-refractivity contribution in [3.8, 4) is 0 Å². The molecule has 2 bridgehead atoms. The average molecular weight is 359 g/mol. The fraction of sp³-hybridized carbons (Fsp3) is 0.333. The van der Waals surface area contributed by atoms with E-state index in [0.717, 1.165) is 16.0 Å². The number of benzene rings is 1. The van der Waals surface area contributed by atoms with E-state index in [1.54, 1.807) is 0 Å². The molecule has 0 spiro atoms. The van der Waals surface area contributed by atoms with Gasteiger partial charge in [0.05, 0.1) is 16.8 Å². The highest BCUT2D eigenvalue weighted by atomic mass is 35.5. The lowest BCUT2D eigenvalue weighted by Crippen LogP contribution is -2.33. The number of imide groups is 1. The van der Waals surface area contributed by atoms with Gasteiger partial charge in [-0.15, -0.1) is 0 Å². The monoisotopic (exact) mass is 358 g/mol. The van der Waals surface area contributed by atoms with Crippen molar-refractivity contribution in [1.82, 2.24) is 0 Å². The summed E-state index contributed by atoms with van der Waals surface area (Å²) in [6.45, 7) is 3.97. The Hall–Kier alpha value is -2.47. The van der Waals surface area contributed by atoms with E-state index in [-0.39, 0.29) is 40.0 Å². The van der Waals surface area contributed by atoms with Crippen molar-refractivity contribution in [2.45, 2.75) is 13.8 Å². The minimum atomic E-state index is -0.621. The fourth-order valence-electron chi connectivity index (χ4n) is 4.50. The van der Waals surface area contributed by atoms with Gasteiger partial charge in [0.2, 0.25) is 11.8 Å². The van der Waals surface area contributed by atoms with E-state index in [4.69, 9.17) is 11.6 Å².